The molecular weight excluding hydrogens is 270 g/mol. The van der Waals surface area contributed by atoms with Gasteiger partial charge in [-0.15, -0.1) is 0 Å². The molecule has 0 aromatic carbocycles. The van der Waals surface area contributed by atoms with E-state index in [0.29, 0.717) is 13.0 Å². The van der Waals surface area contributed by atoms with Crippen LogP contribution in [-0.2, 0) is 14.4 Å². The molecule has 0 bridgehead atoms. The Balaban J connectivity index is 1.72. The van der Waals surface area contributed by atoms with Gasteiger partial charge in [-0.1, -0.05) is 12.8 Å². The number of piperidine rings is 1. The first kappa shape index (κ1) is 15.8. The van der Waals surface area contributed by atoms with Crippen LogP contribution in [0.25, 0.3) is 0 Å². The van der Waals surface area contributed by atoms with Gasteiger partial charge >= 0.3 is 0 Å². The highest BCUT2D eigenvalue weighted by atomic mass is 16.2. The normalized spacial score (nSPS) is 21.2. The highest BCUT2D eigenvalue weighted by molar-refractivity contribution is 5.90. The topological polar surface area (TPSA) is 78.5 Å². The number of rotatable bonds is 5. The van der Waals surface area contributed by atoms with Crippen molar-refractivity contribution in [2.75, 3.05) is 13.1 Å². The van der Waals surface area contributed by atoms with Crippen molar-refractivity contribution in [3.8, 4) is 0 Å². The molecule has 0 aromatic rings. The summed E-state index contributed by atoms with van der Waals surface area (Å²) in [7, 11) is 0. The quantitative estimate of drug-likeness (QED) is 0.778. The Hall–Kier alpha value is -1.59. The van der Waals surface area contributed by atoms with Gasteiger partial charge in [0.25, 0.3) is 0 Å². The van der Waals surface area contributed by atoms with E-state index in [9.17, 15) is 14.4 Å². The zero-order chi connectivity index (χ0) is 15.2. The lowest BCUT2D eigenvalue weighted by Gasteiger charge is -2.26. The molecule has 118 valence electrons. The van der Waals surface area contributed by atoms with Crippen LogP contribution in [0.1, 0.15) is 51.9 Å². The van der Waals surface area contributed by atoms with Gasteiger partial charge in [0.15, 0.2) is 0 Å². The van der Waals surface area contributed by atoms with E-state index in [0.717, 1.165) is 38.5 Å². The van der Waals surface area contributed by atoms with Crippen molar-refractivity contribution in [3.63, 3.8) is 0 Å². The van der Waals surface area contributed by atoms with E-state index >= 15 is 0 Å². The van der Waals surface area contributed by atoms with E-state index in [1.54, 1.807) is 11.8 Å². The molecule has 2 N–H and O–H groups in total. The lowest BCUT2D eigenvalue weighted by Crippen LogP contribution is -2.50. The SMILES string of the molecule is C[C@@H](NC(=O)CN1CCCCC1=O)C(=O)NC1CCCC1. The molecule has 0 spiro atoms. The zero-order valence-electron chi connectivity index (χ0n) is 12.7. The maximum atomic E-state index is 12.0. The molecule has 1 atom stereocenters. The fourth-order valence-corrected chi connectivity index (χ4v) is 2.95. The van der Waals surface area contributed by atoms with Crippen LogP contribution in [0.3, 0.4) is 0 Å². The van der Waals surface area contributed by atoms with Gasteiger partial charge in [-0.3, -0.25) is 14.4 Å². The Labute approximate surface area is 125 Å². The molecule has 21 heavy (non-hydrogen) atoms. The van der Waals surface area contributed by atoms with E-state index in [4.69, 9.17) is 0 Å². The van der Waals surface area contributed by atoms with Gasteiger partial charge in [0.05, 0.1) is 6.54 Å². The molecule has 2 aliphatic rings. The van der Waals surface area contributed by atoms with E-state index in [1.807, 2.05) is 0 Å². The van der Waals surface area contributed by atoms with Crippen LogP contribution in [0.2, 0.25) is 0 Å². The minimum Gasteiger partial charge on any atom is -0.352 e. The van der Waals surface area contributed by atoms with E-state index < -0.39 is 6.04 Å². The molecule has 1 saturated carbocycles. The molecule has 2 fully saturated rings. The fraction of sp³-hybridized carbons (Fsp3) is 0.800. The van der Waals surface area contributed by atoms with Gasteiger partial charge in [-0.2, -0.15) is 0 Å². The second kappa shape index (κ2) is 7.43. The number of hydrogen-bond acceptors (Lipinski definition) is 3. The third kappa shape index (κ3) is 4.72. The van der Waals surface area contributed by atoms with E-state index in [-0.39, 0.29) is 30.3 Å². The summed E-state index contributed by atoms with van der Waals surface area (Å²) in [5, 5.41) is 5.64. The summed E-state index contributed by atoms with van der Waals surface area (Å²) in [4.78, 5) is 37.1. The summed E-state index contributed by atoms with van der Waals surface area (Å²) in [6.07, 6.45) is 6.72. The minimum absolute atomic E-state index is 0.0273. The van der Waals surface area contributed by atoms with Crippen molar-refractivity contribution in [2.24, 2.45) is 0 Å². The zero-order valence-corrected chi connectivity index (χ0v) is 12.7. The number of carbonyl (C=O) groups excluding carboxylic acids is 3. The van der Waals surface area contributed by atoms with Crippen LogP contribution in [0.15, 0.2) is 0 Å². The summed E-state index contributed by atoms with van der Waals surface area (Å²) in [6.45, 7) is 2.37. The van der Waals surface area contributed by atoms with Gasteiger partial charge in [-0.25, -0.2) is 0 Å². The van der Waals surface area contributed by atoms with Crippen LogP contribution < -0.4 is 10.6 Å². The Morgan fingerprint density at radius 3 is 2.62 bits per heavy atom. The number of carbonyl (C=O) groups is 3. The molecule has 0 aromatic heterocycles. The van der Waals surface area contributed by atoms with E-state index in [2.05, 4.69) is 10.6 Å². The molecule has 3 amide bonds. The number of nitrogens with zero attached hydrogens (tertiary/aromatic N) is 1. The first-order chi connectivity index (χ1) is 10.1. The lowest BCUT2D eigenvalue weighted by atomic mass is 10.1. The fourth-order valence-electron chi connectivity index (χ4n) is 2.95. The van der Waals surface area contributed by atoms with Gasteiger partial charge in [-0.05, 0) is 32.6 Å². The van der Waals surface area contributed by atoms with E-state index in [1.165, 1.54) is 0 Å². The molecule has 1 saturated heterocycles. The average molecular weight is 295 g/mol. The Bertz CT molecular complexity index is 405. The lowest BCUT2D eigenvalue weighted by molar-refractivity contribution is -0.138. The van der Waals surface area contributed by atoms with Crippen molar-refractivity contribution >= 4 is 17.7 Å². The maximum absolute atomic E-state index is 12.0. The minimum atomic E-state index is -0.557. The average Bonchev–Trinajstić information content (AvgIpc) is 2.94. The second-order valence-corrected chi connectivity index (χ2v) is 6.05. The summed E-state index contributed by atoms with van der Waals surface area (Å²) < 4.78 is 0. The number of hydrogen-bond donors (Lipinski definition) is 2. The number of nitrogens with one attached hydrogen (secondary N) is 2. The molecule has 1 heterocycles. The standard InChI is InChI=1S/C15H25N3O3/c1-11(15(21)17-12-6-2-3-7-12)16-13(19)10-18-9-5-4-8-14(18)20/h11-12H,2-10H2,1H3,(H,16,19)(H,17,21)/t11-/m1/s1. The molecule has 0 radical (unpaired) electrons. The van der Waals surface area contributed by atoms with Crippen molar-refractivity contribution in [1.82, 2.24) is 15.5 Å². The highest BCUT2D eigenvalue weighted by Gasteiger charge is 2.24. The molecule has 1 aliphatic heterocycles. The Morgan fingerprint density at radius 1 is 1.24 bits per heavy atom. The third-order valence-corrected chi connectivity index (χ3v) is 4.23. The van der Waals surface area contributed by atoms with Gasteiger partial charge in [0, 0.05) is 19.0 Å². The van der Waals surface area contributed by atoms with Crippen molar-refractivity contribution in [3.05, 3.63) is 0 Å². The molecule has 1 aliphatic carbocycles. The maximum Gasteiger partial charge on any atom is 0.242 e. The third-order valence-electron chi connectivity index (χ3n) is 4.23. The predicted molar refractivity (Wildman–Crippen MR) is 78.4 cm³/mol. The first-order valence-corrected chi connectivity index (χ1v) is 7.94. The molecule has 0 unspecified atom stereocenters. The molecular formula is C15H25N3O3. The number of amides is 3. The Morgan fingerprint density at radius 2 is 1.95 bits per heavy atom. The largest absolute Gasteiger partial charge is 0.352 e. The van der Waals surface area contributed by atoms with Crippen molar-refractivity contribution in [2.45, 2.75) is 64.0 Å². The van der Waals surface area contributed by atoms with Crippen molar-refractivity contribution < 1.29 is 14.4 Å². The summed E-state index contributed by atoms with van der Waals surface area (Å²) in [5.41, 5.74) is 0. The molecule has 6 nitrogen and oxygen atoms in total. The van der Waals surface area contributed by atoms with Crippen molar-refractivity contribution in [1.29, 1.82) is 0 Å². The second-order valence-electron chi connectivity index (χ2n) is 6.05. The van der Waals surface area contributed by atoms with Crippen LogP contribution in [0, 0.1) is 0 Å². The van der Waals surface area contributed by atoms with Crippen LogP contribution in [0.4, 0.5) is 0 Å². The monoisotopic (exact) mass is 295 g/mol. The summed E-state index contributed by atoms with van der Waals surface area (Å²) in [6, 6.07) is -0.307. The van der Waals surface area contributed by atoms with Gasteiger partial charge < -0.3 is 15.5 Å². The number of likely N-dealkylation sites (tertiary alicyclic amines) is 1. The first-order valence-electron chi connectivity index (χ1n) is 7.94. The molecule has 6 heteroatoms. The molecule has 2 rings (SSSR count). The van der Waals surface area contributed by atoms with Crippen LogP contribution in [0.5, 0.6) is 0 Å². The van der Waals surface area contributed by atoms with Gasteiger partial charge in [0.2, 0.25) is 17.7 Å². The summed E-state index contributed by atoms with van der Waals surface area (Å²) >= 11 is 0. The van der Waals surface area contributed by atoms with Crippen LogP contribution in [-0.4, -0.2) is 47.8 Å². The van der Waals surface area contributed by atoms with Gasteiger partial charge in [0.1, 0.15) is 6.04 Å². The Kier molecular flexibility index (Phi) is 5.59. The highest BCUT2D eigenvalue weighted by Crippen LogP contribution is 2.17. The smallest absolute Gasteiger partial charge is 0.242 e. The van der Waals surface area contributed by atoms with Crippen LogP contribution >= 0.6 is 0 Å². The summed E-state index contributed by atoms with van der Waals surface area (Å²) in [5.74, 6) is -0.376. The predicted octanol–water partition coefficient (Wildman–Crippen LogP) is 0.562.